The molecule has 0 bridgehead atoms. The lowest BCUT2D eigenvalue weighted by Gasteiger charge is -2.17. The van der Waals surface area contributed by atoms with Gasteiger partial charge in [0.2, 0.25) is 5.91 Å². The van der Waals surface area contributed by atoms with Crippen molar-refractivity contribution in [1.82, 2.24) is 19.7 Å². The van der Waals surface area contributed by atoms with E-state index in [4.69, 9.17) is 9.15 Å². The van der Waals surface area contributed by atoms with Crippen LogP contribution in [-0.2, 0) is 17.9 Å². The van der Waals surface area contributed by atoms with Crippen molar-refractivity contribution in [2.75, 3.05) is 19.9 Å². The highest BCUT2D eigenvalue weighted by Gasteiger charge is 2.20. The van der Waals surface area contributed by atoms with Crippen molar-refractivity contribution in [3.63, 3.8) is 0 Å². The predicted octanol–water partition coefficient (Wildman–Crippen LogP) is 4.79. The summed E-state index contributed by atoms with van der Waals surface area (Å²) in [6.45, 7) is 2.73. The van der Waals surface area contributed by atoms with Crippen LogP contribution in [0.15, 0.2) is 70.4 Å². The number of amides is 1. The highest BCUT2D eigenvalue weighted by atomic mass is 32.2. The minimum absolute atomic E-state index is 0.100. The van der Waals surface area contributed by atoms with Crippen LogP contribution in [0.1, 0.15) is 16.9 Å². The molecule has 2 aromatic carbocycles. The van der Waals surface area contributed by atoms with E-state index in [1.165, 1.54) is 24.9 Å². The van der Waals surface area contributed by atoms with Crippen LogP contribution >= 0.6 is 11.8 Å². The minimum Gasteiger partial charge on any atom is -0.494 e. The van der Waals surface area contributed by atoms with Crippen LogP contribution in [0.5, 0.6) is 5.75 Å². The number of furan rings is 1. The third kappa shape index (κ3) is 5.31. The third-order valence-electron chi connectivity index (χ3n) is 5.39. The average Bonchev–Trinajstić information content (AvgIpc) is 3.43. The van der Waals surface area contributed by atoms with Gasteiger partial charge in [0, 0.05) is 13.6 Å². The number of methoxy groups -OCH3 is 1. The van der Waals surface area contributed by atoms with Gasteiger partial charge in [0.05, 0.1) is 31.2 Å². The fourth-order valence-electron chi connectivity index (χ4n) is 3.53. The van der Waals surface area contributed by atoms with Crippen molar-refractivity contribution in [2.24, 2.45) is 0 Å². The molecule has 1 amide bonds. The van der Waals surface area contributed by atoms with Gasteiger partial charge < -0.3 is 14.1 Å². The Hall–Kier alpha value is -3.59. The number of ether oxygens (including phenoxy) is 1. The number of aromatic nitrogens is 3. The van der Waals surface area contributed by atoms with Crippen LogP contribution in [0, 0.1) is 12.7 Å². The van der Waals surface area contributed by atoms with Gasteiger partial charge in [-0.3, -0.25) is 9.36 Å². The Bertz CT molecular complexity index is 1270. The number of halogens is 1. The van der Waals surface area contributed by atoms with E-state index >= 15 is 0 Å². The first-order chi connectivity index (χ1) is 16.5. The summed E-state index contributed by atoms with van der Waals surface area (Å²) in [5, 5.41) is 9.38. The second-order valence-corrected chi connectivity index (χ2v) is 8.72. The molecular weight excluding hydrogens is 455 g/mol. The summed E-state index contributed by atoms with van der Waals surface area (Å²) in [6, 6.07) is 16.5. The van der Waals surface area contributed by atoms with Crippen molar-refractivity contribution in [3.05, 3.63) is 83.6 Å². The topological polar surface area (TPSA) is 73.4 Å². The third-order valence-corrected chi connectivity index (χ3v) is 6.34. The fraction of sp³-hybridized carbons (Fsp3) is 0.240. The van der Waals surface area contributed by atoms with E-state index in [9.17, 15) is 9.18 Å². The van der Waals surface area contributed by atoms with Gasteiger partial charge in [-0.25, -0.2) is 4.39 Å². The molecule has 0 saturated carbocycles. The molecule has 0 unspecified atom stereocenters. The number of carbonyl (C=O) groups is 1. The molecule has 0 fully saturated rings. The zero-order valence-corrected chi connectivity index (χ0v) is 20.0. The second kappa shape index (κ2) is 10.6. The summed E-state index contributed by atoms with van der Waals surface area (Å²) < 4.78 is 26.4. The van der Waals surface area contributed by atoms with Gasteiger partial charge in [-0.15, -0.1) is 10.2 Å². The van der Waals surface area contributed by atoms with Crippen molar-refractivity contribution >= 4 is 17.7 Å². The van der Waals surface area contributed by atoms with E-state index in [0.29, 0.717) is 23.1 Å². The molecule has 2 heterocycles. The Kier molecular flexibility index (Phi) is 7.32. The Morgan fingerprint density at radius 2 is 1.94 bits per heavy atom. The first-order valence-electron chi connectivity index (χ1n) is 10.7. The standard InChI is InChI=1S/C25H25FN4O3S/c1-17-20(11-12-33-17)24-27-28-25(30(24)15-18-7-5-4-6-8-18)34-16-23(31)29(2)14-19-9-10-22(32-3)21(26)13-19/h4-13H,14-16H2,1-3H3. The molecule has 0 N–H and O–H groups in total. The van der Waals surface area contributed by atoms with Gasteiger partial charge >= 0.3 is 0 Å². The van der Waals surface area contributed by atoms with Crippen LogP contribution in [0.3, 0.4) is 0 Å². The fourth-order valence-corrected chi connectivity index (χ4v) is 4.41. The molecule has 0 radical (unpaired) electrons. The molecule has 0 aliphatic carbocycles. The molecule has 9 heteroatoms. The summed E-state index contributed by atoms with van der Waals surface area (Å²) in [5.41, 5.74) is 2.64. The van der Waals surface area contributed by atoms with Gasteiger partial charge in [0.25, 0.3) is 0 Å². The van der Waals surface area contributed by atoms with E-state index in [-0.39, 0.29) is 24.0 Å². The lowest BCUT2D eigenvalue weighted by molar-refractivity contribution is -0.127. The molecule has 0 atom stereocenters. The van der Waals surface area contributed by atoms with E-state index in [1.54, 1.807) is 30.3 Å². The summed E-state index contributed by atoms with van der Waals surface area (Å²) in [5.74, 6) is 1.23. The number of rotatable bonds is 9. The van der Waals surface area contributed by atoms with Crippen LogP contribution in [0.25, 0.3) is 11.4 Å². The minimum atomic E-state index is -0.452. The molecule has 4 aromatic rings. The Morgan fingerprint density at radius 3 is 2.62 bits per heavy atom. The molecule has 4 rings (SSSR count). The van der Waals surface area contributed by atoms with Crippen LogP contribution in [-0.4, -0.2) is 45.5 Å². The van der Waals surface area contributed by atoms with E-state index < -0.39 is 5.82 Å². The summed E-state index contributed by atoms with van der Waals surface area (Å²) in [6.07, 6.45) is 1.62. The van der Waals surface area contributed by atoms with Gasteiger partial charge in [0.15, 0.2) is 22.5 Å². The molecular formula is C25H25FN4O3S. The molecule has 7 nitrogen and oxygen atoms in total. The van der Waals surface area contributed by atoms with Crippen molar-refractivity contribution < 1.29 is 18.3 Å². The summed E-state index contributed by atoms with van der Waals surface area (Å²) >= 11 is 1.32. The number of hydrogen-bond acceptors (Lipinski definition) is 6. The Balaban J connectivity index is 1.48. The number of aryl methyl sites for hydroxylation is 1. The molecule has 0 saturated heterocycles. The van der Waals surface area contributed by atoms with E-state index in [1.807, 2.05) is 47.9 Å². The maximum atomic E-state index is 14.0. The smallest absolute Gasteiger partial charge is 0.233 e. The van der Waals surface area contributed by atoms with E-state index in [0.717, 1.165) is 16.9 Å². The van der Waals surface area contributed by atoms with Gasteiger partial charge in [-0.2, -0.15) is 0 Å². The monoisotopic (exact) mass is 480 g/mol. The van der Waals surface area contributed by atoms with Crippen molar-refractivity contribution in [1.29, 1.82) is 0 Å². The predicted molar refractivity (Wildman–Crippen MR) is 128 cm³/mol. The molecule has 34 heavy (non-hydrogen) atoms. The Labute approximate surface area is 201 Å². The number of benzene rings is 2. The van der Waals surface area contributed by atoms with Crippen molar-refractivity contribution in [3.8, 4) is 17.1 Å². The number of hydrogen-bond donors (Lipinski definition) is 0. The Morgan fingerprint density at radius 1 is 1.15 bits per heavy atom. The van der Waals surface area contributed by atoms with Crippen LogP contribution in [0.4, 0.5) is 4.39 Å². The maximum absolute atomic E-state index is 14.0. The first-order valence-corrected chi connectivity index (χ1v) is 11.7. The summed E-state index contributed by atoms with van der Waals surface area (Å²) in [7, 11) is 3.11. The number of carbonyl (C=O) groups excluding carboxylic acids is 1. The lowest BCUT2D eigenvalue weighted by Crippen LogP contribution is -2.28. The zero-order chi connectivity index (χ0) is 24.1. The highest BCUT2D eigenvalue weighted by Crippen LogP contribution is 2.28. The normalized spacial score (nSPS) is 10.9. The molecule has 2 aromatic heterocycles. The van der Waals surface area contributed by atoms with Crippen molar-refractivity contribution in [2.45, 2.75) is 25.2 Å². The average molecular weight is 481 g/mol. The van der Waals surface area contributed by atoms with E-state index in [2.05, 4.69) is 10.2 Å². The van der Waals surface area contributed by atoms with Gasteiger partial charge in [-0.05, 0) is 36.2 Å². The quantitative estimate of drug-likeness (QED) is 0.321. The summed E-state index contributed by atoms with van der Waals surface area (Å²) in [4.78, 5) is 14.4. The van der Waals surface area contributed by atoms with Crippen LogP contribution in [0.2, 0.25) is 0 Å². The molecule has 0 aliphatic rings. The highest BCUT2D eigenvalue weighted by molar-refractivity contribution is 7.99. The van der Waals surface area contributed by atoms with Gasteiger partial charge in [0.1, 0.15) is 5.76 Å². The number of thioether (sulfide) groups is 1. The molecule has 0 aliphatic heterocycles. The maximum Gasteiger partial charge on any atom is 0.233 e. The zero-order valence-electron chi connectivity index (χ0n) is 19.2. The number of nitrogens with zero attached hydrogens (tertiary/aromatic N) is 4. The lowest BCUT2D eigenvalue weighted by atomic mass is 10.2. The largest absolute Gasteiger partial charge is 0.494 e. The second-order valence-electron chi connectivity index (χ2n) is 7.78. The van der Waals surface area contributed by atoms with Gasteiger partial charge in [-0.1, -0.05) is 48.2 Å². The first kappa shape index (κ1) is 23.6. The molecule has 0 spiro atoms. The van der Waals surface area contributed by atoms with Crippen LogP contribution < -0.4 is 4.74 Å². The molecule has 176 valence electrons. The SMILES string of the molecule is COc1ccc(CN(C)C(=O)CSc2nnc(-c3ccoc3C)n2Cc2ccccc2)cc1F.